The SMILES string of the molecule is CC(C)NCC1CCC(C)(C)CC1c1ccc(F)c(F)c1. The summed E-state index contributed by atoms with van der Waals surface area (Å²) in [6.07, 6.45) is 3.36. The Morgan fingerprint density at radius 1 is 1.24 bits per heavy atom. The lowest BCUT2D eigenvalue weighted by atomic mass is 9.65. The minimum absolute atomic E-state index is 0.268. The molecule has 1 aromatic carbocycles. The number of rotatable bonds is 4. The fraction of sp³-hybridized carbons (Fsp3) is 0.667. The normalized spacial score (nSPS) is 25.3. The summed E-state index contributed by atoms with van der Waals surface area (Å²) < 4.78 is 26.8. The van der Waals surface area contributed by atoms with E-state index in [9.17, 15) is 8.78 Å². The summed E-state index contributed by atoms with van der Waals surface area (Å²) in [5, 5.41) is 3.50. The molecule has 1 N–H and O–H groups in total. The molecule has 0 aromatic heterocycles. The predicted octanol–water partition coefficient (Wildman–Crippen LogP) is 4.87. The van der Waals surface area contributed by atoms with Crippen LogP contribution in [-0.4, -0.2) is 12.6 Å². The van der Waals surface area contributed by atoms with Crippen molar-refractivity contribution in [2.75, 3.05) is 6.54 Å². The first kappa shape index (κ1) is 16.4. The van der Waals surface area contributed by atoms with Crippen LogP contribution in [0.3, 0.4) is 0 Å². The molecule has 2 unspecified atom stereocenters. The van der Waals surface area contributed by atoms with Crippen LogP contribution < -0.4 is 5.32 Å². The fourth-order valence-corrected chi connectivity index (χ4v) is 3.41. The van der Waals surface area contributed by atoms with Crippen molar-refractivity contribution in [1.82, 2.24) is 5.32 Å². The van der Waals surface area contributed by atoms with Gasteiger partial charge in [0.2, 0.25) is 0 Å². The molecule has 0 spiro atoms. The number of halogens is 2. The molecule has 0 saturated heterocycles. The molecule has 118 valence electrons. The minimum atomic E-state index is -0.759. The highest BCUT2D eigenvalue weighted by molar-refractivity contribution is 5.24. The zero-order valence-electron chi connectivity index (χ0n) is 13.5. The van der Waals surface area contributed by atoms with Gasteiger partial charge in [0.25, 0.3) is 0 Å². The molecule has 0 amide bonds. The van der Waals surface area contributed by atoms with Gasteiger partial charge in [0.1, 0.15) is 0 Å². The van der Waals surface area contributed by atoms with E-state index in [1.807, 2.05) is 0 Å². The molecule has 21 heavy (non-hydrogen) atoms. The molecule has 2 rings (SSSR count). The second kappa shape index (κ2) is 6.43. The summed E-state index contributed by atoms with van der Waals surface area (Å²) >= 11 is 0. The highest BCUT2D eigenvalue weighted by Gasteiger charge is 2.35. The van der Waals surface area contributed by atoms with Crippen LogP contribution in [0.2, 0.25) is 0 Å². The van der Waals surface area contributed by atoms with E-state index in [2.05, 4.69) is 33.0 Å². The van der Waals surface area contributed by atoms with Crippen molar-refractivity contribution in [3.05, 3.63) is 35.4 Å². The van der Waals surface area contributed by atoms with Crippen molar-refractivity contribution in [2.45, 2.75) is 58.9 Å². The molecule has 1 nitrogen and oxygen atoms in total. The number of benzene rings is 1. The third-order valence-electron chi connectivity index (χ3n) is 4.69. The van der Waals surface area contributed by atoms with Crippen LogP contribution in [0.15, 0.2) is 18.2 Å². The topological polar surface area (TPSA) is 12.0 Å². The first-order valence-electron chi connectivity index (χ1n) is 7.97. The largest absolute Gasteiger partial charge is 0.314 e. The molecule has 1 fully saturated rings. The van der Waals surface area contributed by atoms with Gasteiger partial charge in [0.15, 0.2) is 11.6 Å². The predicted molar refractivity (Wildman–Crippen MR) is 83.4 cm³/mol. The first-order valence-corrected chi connectivity index (χ1v) is 7.97. The van der Waals surface area contributed by atoms with Gasteiger partial charge in [0, 0.05) is 6.04 Å². The fourth-order valence-electron chi connectivity index (χ4n) is 3.41. The standard InChI is InChI=1S/C18H27F2N/c1-12(2)21-11-14-7-8-18(3,4)10-15(14)13-5-6-16(19)17(20)9-13/h5-6,9,12,14-15,21H,7-8,10-11H2,1-4H3. The van der Waals surface area contributed by atoms with Crippen LogP contribution in [0, 0.1) is 23.0 Å². The Labute approximate surface area is 127 Å². The maximum absolute atomic E-state index is 13.6. The van der Waals surface area contributed by atoms with Crippen molar-refractivity contribution in [3.8, 4) is 0 Å². The lowest BCUT2D eigenvalue weighted by Crippen LogP contribution is -2.37. The van der Waals surface area contributed by atoms with E-state index >= 15 is 0 Å². The van der Waals surface area contributed by atoms with Gasteiger partial charge in [-0.15, -0.1) is 0 Å². The molecule has 3 heteroatoms. The van der Waals surface area contributed by atoms with Crippen molar-refractivity contribution in [3.63, 3.8) is 0 Å². The number of hydrogen-bond acceptors (Lipinski definition) is 1. The monoisotopic (exact) mass is 295 g/mol. The summed E-state index contributed by atoms with van der Waals surface area (Å²) in [7, 11) is 0. The lowest BCUT2D eigenvalue weighted by molar-refractivity contribution is 0.158. The maximum Gasteiger partial charge on any atom is 0.159 e. The smallest absolute Gasteiger partial charge is 0.159 e. The molecule has 0 aliphatic heterocycles. The molecule has 0 heterocycles. The third-order valence-corrected chi connectivity index (χ3v) is 4.69. The molecule has 0 bridgehead atoms. The Bertz CT molecular complexity index is 480. The van der Waals surface area contributed by atoms with E-state index in [4.69, 9.17) is 0 Å². The van der Waals surface area contributed by atoms with E-state index in [0.717, 1.165) is 24.9 Å². The maximum atomic E-state index is 13.6. The summed E-state index contributed by atoms with van der Waals surface area (Å²) in [5.41, 5.74) is 1.21. The lowest BCUT2D eigenvalue weighted by Gasteiger charge is -2.41. The molecular formula is C18H27F2N. The summed E-state index contributed by atoms with van der Waals surface area (Å²) in [6.45, 7) is 9.76. The number of hydrogen-bond donors (Lipinski definition) is 1. The van der Waals surface area contributed by atoms with E-state index in [1.54, 1.807) is 6.07 Å². The van der Waals surface area contributed by atoms with E-state index < -0.39 is 11.6 Å². The second-order valence-corrected chi connectivity index (χ2v) is 7.51. The van der Waals surface area contributed by atoms with Gasteiger partial charge >= 0.3 is 0 Å². The van der Waals surface area contributed by atoms with E-state index in [-0.39, 0.29) is 5.41 Å². The van der Waals surface area contributed by atoms with Crippen LogP contribution in [0.5, 0.6) is 0 Å². The van der Waals surface area contributed by atoms with Gasteiger partial charge in [-0.05, 0) is 60.8 Å². The minimum Gasteiger partial charge on any atom is -0.314 e. The highest BCUT2D eigenvalue weighted by Crippen LogP contribution is 2.46. The summed E-state index contributed by atoms with van der Waals surface area (Å²) in [4.78, 5) is 0. The van der Waals surface area contributed by atoms with Gasteiger partial charge < -0.3 is 5.32 Å². The van der Waals surface area contributed by atoms with Crippen molar-refractivity contribution >= 4 is 0 Å². The zero-order chi connectivity index (χ0) is 15.6. The second-order valence-electron chi connectivity index (χ2n) is 7.51. The Kier molecular flexibility index (Phi) is 5.03. The molecule has 1 saturated carbocycles. The first-order chi connectivity index (χ1) is 9.78. The van der Waals surface area contributed by atoms with Crippen LogP contribution >= 0.6 is 0 Å². The Morgan fingerprint density at radius 2 is 1.95 bits per heavy atom. The quantitative estimate of drug-likeness (QED) is 0.835. The van der Waals surface area contributed by atoms with Crippen LogP contribution in [0.25, 0.3) is 0 Å². The average molecular weight is 295 g/mol. The Morgan fingerprint density at radius 3 is 2.57 bits per heavy atom. The zero-order valence-corrected chi connectivity index (χ0v) is 13.5. The van der Waals surface area contributed by atoms with Crippen LogP contribution in [-0.2, 0) is 0 Å². The summed E-state index contributed by atoms with van der Waals surface area (Å²) in [5.74, 6) is -0.697. The van der Waals surface area contributed by atoms with Crippen LogP contribution in [0.1, 0.15) is 58.4 Å². The Balaban J connectivity index is 2.21. The van der Waals surface area contributed by atoms with Gasteiger partial charge in [-0.25, -0.2) is 8.78 Å². The molecule has 1 aromatic rings. The van der Waals surface area contributed by atoms with Crippen molar-refractivity contribution in [2.24, 2.45) is 11.3 Å². The molecule has 2 atom stereocenters. The van der Waals surface area contributed by atoms with Crippen molar-refractivity contribution in [1.29, 1.82) is 0 Å². The van der Waals surface area contributed by atoms with Crippen molar-refractivity contribution < 1.29 is 8.78 Å². The molecular weight excluding hydrogens is 268 g/mol. The van der Waals surface area contributed by atoms with Gasteiger partial charge in [-0.1, -0.05) is 33.8 Å². The third kappa shape index (κ3) is 4.26. The number of nitrogens with one attached hydrogen (secondary N) is 1. The molecule has 1 aliphatic carbocycles. The molecule has 1 aliphatic rings. The van der Waals surface area contributed by atoms with Gasteiger partial charge in [0.05, 0.1) is 0 Å². The molecule has 0 radical (unpaired) electrons. The Hall–Kier alpha value is -0.960. The van der Waals surface area contributed by atoms with E-state index in [1.165, 1.54) is 18.6 Å². The van der Waals surface area contributed by atoms with Gasteiger partial charge in [-0.2, -0.15) is 0 Å². The highest BCUT2D eigenvalue weighted by atomic mass is 19.2. The van der Waals surface area contributed by atoms with Crippen LogP contribution in [0.4, 0.5) is 8.78 Å². The van der Waals surface area contributed by atoms with E-state index in [0.29, 0.717) is 17.9 Å². The summed E-state index contributed by atoms with van der Waals surface area (Å²) in [6, 6.07) is 4.86. The van der Waals surface area contributed by atoms with Gasteiger partial charge in [-0.3, -0.25) is 0 Å². The average Bonchev–Trinajstić information content (AvgIpc) is 2.39.